The van der Waals surface area contributed by atoms with Gasteiger partial charge in [-0.1, -0.05) is 59.6 Å². The van der Waals surface area contributed by atoms with E-state index in [1.54, 1.807) is 12.1 Å². The molecule has 1 unspecified atom stereocenters. The van der Waals surface area contributed by atoms with Crippen molar-refractivity contribution in [2.45, 2.75) is 25.4 Å². The summed E-state index contributed by atoms with van der Waals surface area (Å²) in [4.78, 5) is 11.4. The molecular weight excluding hydrogens is 321 g/mol. The molecule has 0 bridgehead atoms. The first-order chi connectivity index (χ1) is 10.6. The van der Waals surface area contributed by atoms with Gasteiger partial charge in [0.05, 0.1) is 10.0 Å². The summed E-state index contributed by atoms with van der Waals surface area (Å²) in [6.07, 6.45) is 1.11. The van der Waals surface area contributed by atoms with Crippen LogP contribution in [0.2, 0.25) is 10.0 Å². The second kappa shape index (κ2) is 8.18. The zero-order valence-electron chi connectivity index (χ0n) is 11.9. The number of carboxylic acid groups (broad SMARTS) is 1. The number of hydrogen-bond donors (Lipinski definition) is 2. The van der Waals surface area contributed by atoms with Crippen molar-refractivity contribution in [2.24, 2.45) is 0 Å². The fraction of sp³-hybridized carbons (Fsp3) is 0.235. The lowest BCUT2D eigenvalue weighted by Gasteiger charge is -2.14. The van der Waals surface area contributed by atoms with Gasteiger partial charge in [0.1, 0.15) is 6.04 Å². The minimum absolute atomic E-state index is 0.486. The average molecular weight is 338 g/mol. The van der Waals surface area contributed by atoms with E-state index in [4.69, 9.17) is 23.2 Å². The van der Waals surface area contributed by atoms with Gasteiger partial charge in [0, 0.05) is 6.54 Å². The van der Waals surface area contributed by atoms with E-state index < -0.39 is 12.0 Å². The summed E-state index contributed by atoms with van der Waals surface area (Å²) in [6.45, 7) is 0.527. The molecule has 0 spiro atoms. The number of nitrogens with one attached hydrogen (secondary N) is 1. The van der Waals surface area contributed by atoms with E-state index in [2.05, 4.69) is 5.32 Å². The standard InChI is InChI=1S/C17H17Cl2NO2/c18-14-8-6-12(10-15(14)19)7-9-16(17(21)22)20-11-13-4-2-1-3-5-13/h1-6,8,10,16,20H,7,9,11H2,(H,21,22). The van der Waals surface area contributed by atoms with Crippen molar-refractivity contribution < 1.29 is 9.90 Å². The molecule has 0 amide bonds. The molecule has 2 aromatic rings. The number of rotatable bonds is 7. The Bertz CT molecular complexity index is 632. The second-order valence-corrected chi connectivity index (χ2v) is 5.86. The summed E-state index contributed by atoms with van der Waals surface area (Å²) in [5, 5.41) is 13.4. The largest absolute Gasteiger partial charge is 0.480 e. The third-order valence-corrected chi connectivity index (χ3v) is 4.14. The number of hydrogen-bond acceptors (Lipinski definition) is 2. The Balaban J connectivity index is 1.91. The van der Waals surface area contributed by atoms with Crippen molar-refractivity contribution in [3.8, 4) is 0 Å². The molecule has 0 saturated carbocycles. The van der Waals surface area contributed by atoms with E-state index in [9.17, 15) is 9.90 Å². The van der Waals surface area contributed by atoms with Crippen LogP contribution in [-0.4, -0.2) is 17.1 Å². The Morgan fingerprint density at radius 1 is 1.05 bits per heavy atom. The monoisotopic (exact) mass is 337 g/mol. The summed E-state index contributed by atoms with van der Waals surface area (Å²) >= 11 is 11.8. The Morgan fingerprint density at radius 2 is 1.77 bits per heavy atom. The molecule has 0 aliphatic carbocycles. The molecular formula is C17H17Cl2NO2. The highest BCUT2D eigenvalue weighted by molar-refractivity contribution is 6.42. The third kappa shape index (κ3) is 5.02. The predicted molar refractivity (Wildman–Crippen MR) is 89.5 cm³/mol. The molecule has 2 rings (SSSR count). The topological polar surface area (TPSA) is 49.3 Å². The summed E-state index contributed by atoms with van der Waals surface area (Å²) in [5.41, 5.74) is 2.03. The lowest BCUT2D eigenvalue weighted by Crippen LogP contribution is -2.36. The van der Waals surface area contributed by atoms with Crippen LogP contribution in [0.1, 0.15) is 17.5 Å². The number of benzene rings is 2. The molecule has 0 radical (unpaired) electrons. The zero-order chi connectivity index (χ0) is 15.9. The lowest BCUT2D eigenvalue weighted by atomic mass is 10.0. The number of carboxylic acids is 1. The third-order valence-electron chi connectivity index (χ3n) is 3.40. The number of aliphatic carboxylic acids is 1. The summed E-state index contributed by atoms with van der Waals surface area (Å²) < 4.78 is 0. The van der Waals surface area contributed by atoms with Crippen LogP contribution in [0.25, 0.3) is 0 Å². The molecule has 2 N–H and O–H groups in total. The van der Waals surface area contributed by atoms with Gasteiger partial charge in [-0.15, -0.1) is 0 Å². The van der Waals surface area contributed by atoms with Gasteiger partial charge in [0.15, 0.2) is 0 Å². The van der Waals surface area contributed by atoms with Crippen molar-refractivity contribution in [3.63, 3.8) is 0 Å². The zero-order valence-corrected chi connectivity index (χ0v) is 13.4. The normalized spacial score (nSPS) is 12.1. The van der Waals surface area contributed by atoms with Gasteiger partial charge in [-0.25, -0.2) is 0 Å². The van der Waals surface area contributed by atoms with E-state index in [1.165, 1.54) is 0 Å². The Kier molecular flexibility index (Phi) is 6.25. The van der Waals surface area contributed by atoms with E-state index >= 15 is 0 Å². The molecule has 0 fully saturated rings. The highest BCUT2D eigenvalue weighted by Gasteiger charge is 2.16. The molecule has 0 saturated heterocycles. The first kappa shape index (κ1) is 16.8. The van der Waals surface area contributed by atoms with Crippen molar-refractivity contribution in [3.05, 3.63) is 69.7 Å². The van der Waals surface area contributed by atoms with Gasteiger partial charge in [0.25, 0.3) is 0 Å². The van der Waals surface area contributed by atoms with Gasteiger partial charge in [-0.05, 0) is 36.1 Å². The van der Waals surface area contributed by atoms with Crippen molar-refractivity contribution in [1.82, 2.24) is 5.32 Å². The highest BCUT2D eigenvalue weighted by atomic mass is 35.5. The lowest BCUT2D eigenvalue weighted by molar-refractivity contribution is -0.139. The Hall–Kier alpha value is -1.55. The molecule has 2 aromatic carbocycles. The van der Waals surface area contributed by atoms with Crippen molar-refractivity contribution in [2.75, 3.05) is 0 Å². The van der Waals surface area contributed by atoms with E-state index in [1.807, 2.05) is 36.4 Å². The average Bonchev–Trinajstić information content (AvgIpc) is 2.51. The molecule has 5 heteroatoms. The number of carbonyl (C=O) groups is 1. The molecule has 116 valence electrons. The molecule has 0 aliphatic rings. The van der Waals surface area contributed by atoms with Crippen LogP contribution < -0.4 is 5.32 Å². The Morgan fingerprint density at radius 3 is 2.41 bits per heavy atom. The van der Waals surface area contributed by atoms with Gasteiger partial charge in [0.2, 0.25) is 0 Å². The minimum Gasteiger partial charge on any atom is -0.480 e. The maximum Gasteiger partial charge on any atom is 0.320 e. The van der Waals surface area contributed by atoms with Crippen molar-refractivity contribution in [1.29, 1.82) is 0 Å². The van der Waals surface area contributed by atoms with Crippen LogP contribution in [0.15, 0.2) is 48.5 Å². The van der Waals surface area contributed by atoms with Crippen molar-refractivity contribution >= 4 is 29.2 Å². The van der Waals surface area contributed by atoms with Crippen LogP contribution in [0.4, 0.5) is 0 Å². The van der Waals surface area contributed by atoms with Gasteiger partial charge in [-0.3, -0.25) is 4.79 Å². The van der Waals surface area contributed by atoms with Gasteiger partial charge in [-0.2, -0.15) is 0 Å². The quantitative estimate of drug-likeness (QED) is 0.797. The maximum atomic E-state index is 11.4. The van der Waals surface area contributed by atoms with Gasteiger partial charge >= 0.3 is 5.97 Å². The Labute approximate surface area is 139 Å². The SMILES string of the molecule is O=C(O)C(CCc1ccc(Cl)c(Cl)c1)NCc1ccccc1. The maximum absolute atomic E-state index is 11.4. The number of aryl methyl sites for hydroxylation is 1. The fourth-order valence-corrected chi connectivity index (χ4v) is 2.48. The molecule has 0 aliphatic heterocycles. The van der Waals surface area contributed by atoms with Crippen LogP contribution in [0.3, 0.4) is 0 Å². The first-order valence-electron chi connectivity index (χ1n) is 7.00. The molecule has 22 heavy (non-hydrogen) atoms. The highest BCUT2D eigenvalue weighted by Crippen LogP contribution is 2.23. The first-order valence-corrected chi connectivity index (χ1v) is 7.76. The van der Waals surface area contributed by atoms with E-state index in [0.717, 1.165) is 11.1 Å². The summed E-state index contributed by atoms with van der Waals surface area (Å²) in [5.74, 6) is -0.851. The molecule has 3 nitrogen and oxygen atoms in total. The number of halogens is 2. The van der Waals surface area contributed by atoms with E-state index in [-0.39, 0.29) is 0 Å². The minimum atomic E-state index is -0.851. The van der Waals surface area contributed by atoms with Crippen LogP contribution in [-0.2, 0) is 17.8 Å². The van der Waals surface area contributed by atoms with Crippen LogP contribution in [0, 0.1) is 0 Å². The predicted octanol–water partition coefficient (Wildman–Crippen LogP) is 4.17. The smallest absolute Gasteiger partial charge is 0.320 e. The summed E-state index contributed by atoms with van der Waals surface area (Å²) in [6, 6.07) is 14.5. The molecule has 0 heterocycles. The van der Waals surface area contributed by atoms with Crippen LogP contribution >= 0.6 is 23.2 Å². The molecule has 1 atom stereocenters. The van der Waals surface area contributed by atoms with E-state index in [0.29, 0.717) is 29.4 Å². The van der Waals surface area contributed by atoms with Gasteiger partial charge < -0.3 is 10.4 Å². The molecule has 0 aromatic heterocycles. The second-order valence-electron chi connectivity index (χ2n) is 5.04. The summed E-state index contributed by atoms with van der Waals surface area (Å²) in [7, 11) is 0. The fourth-order valence-electron chi connectivity index (χ4n) is 2.16. The van der Waals surface area contributed by atoms with Crippen LogP contribution in [0.5, 0.6) is 0 Å².